The van der Waals surface area contributed by atoms with Crippen LogP contribution in [0.25, 0.3) is 0 Å². The molecule has 7 nitrogen and oxygen atoms in total. The molecule has 0 aliphatic carbocycles. The van der Waals surface area contributed by atoms with E-state index in [1.54, 1.807) is 37.7 Å². The third-order valence-electron chi connectivity index (χ3n) is 2.96. The van der Waals surface area contributed by atoms with Gasteiger partial charge in [-0.3, -0.25) is 14.9 Å². The summed E-state index contributed by atoms with van der Waals surface area (Å²) in [6.45, 7) is 0. The Kier molecular flexibility index (Phi) is 5.17. The van der Waals surface area contributed by atoms with E-state index in [0.717, 1.165) is 0 Å². The molecule has 122 valence electrons. The Hall–Kier alpha value is -2.61. The fraction of sp³-hybridized carbons (Fsp3) is 0.267. The van der Waals surface area contributed by atoms with Crippen molar-refractivity contribution in [3.63, 3.8) is 0 Å². The maximum absolute atomic E-state index is 12.3. The third kappa shape index (κ3) is 3.98. The van der Waals surface area contributed by atoms with Gasteiger partial charge >= 0.3 is 0 Å². The van der Waals surface area contributed by atoms with Crippen LogP contribution in [0.2, 0.25) is 0 Å². The molecular formula is C15H17N3O4S. The molecule has 0 radical (unpaired) electrons. The highest BCUT2D eigenvalue weighted by molar-refractivity contribution is 7.14. The van der Waals surface area contributed by atoms with E-state index in [2.05, 4.69) is 10.3 Å². The van der Waals surface area contributed by atoms with Crippen LogP contribution in [0.15, 0.2) is 23.6 Å². The molecule has 0 aliphatic heterocycles. The lowest BCUT2D eigenvalue weighted by Gasteiger charge is -2.08. The number of ether oxygens (including phenoxy) is 2. The molecule has 1 N–H and O–H groups in total. The Morgan fingerprint density at radius 3 is 2.26 bits per heavy atom. The zero-order chi connectivity index (χ0) is 17.0. The minimum Gasteiger partial charge on any atom is -0.497 e. The number of nitrogens with zero attached hydrogens (tertiary/aromatic N) is 2. The zero-order valence-corrected chi connectivity index (χ0v) is 14.1. The van der Waals surface area contributed by atoms with Gasteiger partial charge in [-0.2, -0.15) is 0 Å². The predicted molar refractivity (Wildman–Crippen MR) is 87.6 cm³/mol. The van der Waals surface area contributed by atoms with Gasteiger partial charge in [0.2, 0.25) is 0 Å². The summed E-state index contributed by atoms with van der Waals surface area (Å²) < 4.78 is 10.3. The molecule has 23 heavy (non-hydrogen) atoms. The van der Waals surface area contributed by atoms with Crippen LogP contribution in [0.4, 0.5) is 5.13 Å². The Morgan fingerprint density at radius 1 is 1.13 bits per heavy atom. The van der Waals surface area contributed by atoms with Gasteiger partial charge in [0.1, 0.15) is 17.2 Å². The van der Waals surface area contributed by atoms with E-state index in [9.17, 15) is 9.59 Å². The van der Waals surface area contributed by atoms with Gasteiger partial charge in [0, 0.05) is 31.1 Å². The minimum atomic E-state index is -0.361. The molecule has 0 fully saturated rings. The van der Waals surface area contributed by atoms with Crippen molar-refractivity contribution in [1.29, 1.82) is 0 Å². The average Bonchev–Trinajstić information content (AvgIpc) is 3.01. The molecule has 1 heterocycles. The predicted octanol–water partition coefficient (Wildman–Crippen LogP) is 2.11. The summed E-state index contributed by atoms with van der Waals surface area (Å²) in [5, 5.41) is 4.61. The number of carbonyl (C=O) groups is 2. The molecule has 1 aromatic carbocycles. The fourth-order valence-corrected chi connectivity index (χ4v) is 2.45. The second kappa shape index (κ2) is 7.10. The highest BCUT2D eigenvalue weighted by atomic mass is 32.1. The molecule has 2 amide bonds. The van der Waals surface area contributed by atoms with Crippen molar-refractivity contribution in [1.82, 2.24) is 9.88 Å². The van der Waals surface area contributed by atoms with E-state index >= 15 is 0 Å². The van der Waals surface area contributed by atoms with Crippen LogP contribution in [0.3, 0.4) is 0 Å². The van der Waals surface area contributed by atoms with E-state index in [4.69, 9.17) is 9.47 Å². The number of hydrogen-bond donors (Lipinski definition) is 1. The molecule has 2 aromatic rings. The standard InChI is InChI=1S/C15H17N3O4S/c1-18(2)14(20)12-8-23-15(16-12)17-13(19)9-5-10(21-3)7-11(6-9)22-4/h5-8H,1-4H3,(H,16,17,19). The number of methoxy groups -OCH3 is 2. The molecule has 1 aromatic heterocycles. The lowest BCUT2D eigenvalue weighted by atomic mass is 10.2. The van der Waals surface area contributed by atoms with Crippen molar-refractivity contribution in [2.75, 3.05) is 33.6 Å². The Labute approximate surface area is 137 Å². The summed E-state index contributed by atoms with van der Waals surface area (Å²) >= 11 is 1.19. The molecule has 0 aliphatic rings. The molecule has 2 rings (SSSR count). The number of nitrogens with one attached hydrogen (secondary N) is 1. The van der Waals surface area contributed by atoms with Crippen LogP contribution >= 0.6 is 11.3 Å². The van der Waals surface area contributed by atoms with Gasteiger partial charge < -0.3 is 14.4 Å². The molecule has 8 heteroatoms. The number of aromatic nitrogens is 1. The van der Waals surface area contributed by atoms with Gasteiger partial charge in [0.05, 0.1) is 14.2 Å². The molecule has 0 atom stereocenters. The molecule has 0 saturated carbocycles. The Balaban J connectivity index is 2.18. The van der Waals surface area contributed by atoms with Crippen LogP contribution < -0.4 is 14.8 Å². The fourth-order valence-electron chi connectivity index (χ4n) is 1.77. The Morgan fingerprint density at radius 2 is 1.74 bits per heavy atom. The first-order chi connectivity index (χ1) is 10.9. The SMILES string of the molecule is COc1cc(OC)cc(C(=O)Nc2nc(C(=O)N(C)C)cs2)c1. The zero-order valence-electron chi connectivity index (χ0n) is 13.2. The molecule has 0 spiro atoms. The van der Waals surface area contributed by atoms with Gasteiger partial charge in [0.15, 0.2) is 5.13 Å². The number of benzene rings is 1. The average molecular weight is 335 g/mol. The minimum absolute atomic E-state index is 0.218. The summed E-state index contributed by atoms with van der Waals surface area (Å²) in [5.74, 6) is 0.444. The van der Waals surface area contributed by atoms with Crippen LogP contribution in [-0.4, -0.2) is 50.0 Å². The molecule has 0 bridgehead atoms. The van der Waals surface area contributed by atoms with Crippen LogP contribution in [0.1, 0.15) is 20.8 Å². The highest BCUT2D eigenvalue weighted by Crippen LogP contribution is 2.24. The van der Waals surface area contributed by atoms with Crippen molar-refractivity contribution in [2.24, 2.45) is 0 Å². The highest BCUT2D eigenvalue weighted by Gasteiger charge is 2.15. The van der Waals surface area contributed by atoms with Gasteiger partial charge in [-0.05, 0) is 12.1 Å². The molecule has 0 unspecified atom stereocenters. The van der Waals surface area contributed by atoms with Crippen molar-refractivity contribution >= 4 is 28.3 Å². The summed E-state index contributed by atoms with van der Waals surface area (Å²) in [5.41, 5.74) is 0.662. The summed E-state index contributed by atoms with van der Waals surface area (Å²) in [7, 11) is 6.30. The largest absolute Gasteiger partial charge is 0.497 e. The van der Waals surface area contributed by atoms with Gasteiger partial charge in [-0.15, -0.1) is 11.3 Å². The first-order valence-electron chi connectivity index (χ1n) is 6.66. The third-order valence-corrected chi connectivity index (χ3v) is 3.72. The number of amides is 2. The van der Waals surface area contributed by atoms with E-state index in [1.807, 2.05) is 0 Å². The van der Waals surface area contributed by atoms with E-state index < -0.39 is 0 Å². The topological polar surface area (TPSA) is 80.8 Å². The number of rotatable bonds is 5. The van der Waals surface area contributed by atoms with Crippen molar-refractivity contribution in [3.8, 4) is 11.5 Å². The van der Waals surface area contributed by atoms with E-state index in [-0.39, 0.29) is 11.8 Å². The second-order valence-corrected chi connectivity index (χ2v) is 5.65. The lowest BCUT2D eigenvalue weighted by molar-refractivity contribution is 0.0822. The van der Waals surface area contributed by atoms with Crippen molar-refractivity contribution < 1.29 is 19.1 Å². The first-order valence-corrected chi connectivity index (χ1v) is 7.54. The van der Waals surface area contributed by atoms with Gasteiger partial charge in [-0.25, -0.2) is 4.98 Å². The Bertz CT molecular complexity index is 705. The van der Waals surface area contributed by atoms with Gasteiger partial charge in [0.25, 0.3) is 11.8 Å². The summed E-state index contributed by atoms with van der Waals surface area (Å²) in [6.07, 6.45) is 0. The van der Waals surface area contributed by atoms with Crippen LogP contribution in [0, 0.1) is 0 Å². The lowest BCUT2D eigenvalue weighted by Crippen LogP contribution is -2.22. The number of thiazole rings is 1. The van der Waals surface area contributed by atoms with E-state index in [1.165, 1.54) is 30.5 Å². The number of carbonyl (C=O) groups excluding carboxylic acids is 2. The van der Waals surface area contributed by atoms with Crippen molar-refractivity contribution in [3.05, 3.63) is 34.8 Å². The number of anilines is 1. The smallest absolute Gasteiger partial charge is 0.272 e. The molecular weight excluding hydrogens is 318 g/mol. The van der Waals surface area contributed by atoms with Crippen LogP contribution in [0.5, 0.6) is 11.5 Å². The van der Waals surface area contributed by atoms with E-state index in [0.29, 0.717) is 27.9 Å². The summed E-state index contributed by atoms with van der Waals surface area (Å²) in [6, 6.07) is 4.86. The first kappa shape index (κ1) is 16.8. The van der Waals surface area contributed by atoms with Gasteiger partial charge in [-0.1, -0.05) is 0 Å². The summed E-state index contributed by atoms with van der Waals surface area (Å²) in [4.78, 5) is 29.7. The van der Waals surface area contributed by atoms with Crippen molar-refractivity contribution in [2.45, 2.75) is 0 Å². The maximum Gasteiger partial charge on any atom is 0.272 e. The quantitative estimate of drug-likeness (QED) is 0.905. The normalized spacial score (nSPS) is 10.1. The van der Waals surface area contributed by atoms with Crippen LogP contribution in [-0.2, 0) is 0 Å². The molecule has 0 saturated heterocycles. The second-order valence-electron chi connectivity index (χ2n) is 4.79. The monoisotopic (exact) mass is 335 g/mol. The maximum atomic E-state index is 12.3. The number of hydrogen-bond acceptors (Lipinski definition) is 6.